The standard InChI is InChI=1S/C14H13Cl2NO5/c1-2-21-12(19)6-7-13(20)22-8-11(18)17-10-5-3-4-9(15)14(10)16/h3-7H,2,8H2,1H3,(H,17,18)/b7-6+. The van der Waals surface area contributed by atoms with Crippen molar-refractivity contribution in [2.75, 3.05) is 18.5 Å². The SMILES string of the molecule is CCOC(=O)/C=C/C(=O)OCC(=O)Nc1cccc(Cl)c1Cl. The Bertz CT molecular complexity index is 601. The van der Waals surface area contributed by atoms with Gasteiger partial charge in [-0.2, -0.15) is 0 Å². The molecule has 1 aromatic carbocycles. The predicted molar refractivity (Wildman–Crippen MR) is 81.8 cm³/mol. The van der Waals surface area contributed by atoms with E-state index in [1.165, 1.54) is 0 Å². The van der Waals surface area contributed by atoms with E-state index in [2.05, 4.69) is 14.8 Å². The van der Waals surface area contributed by atoms with Crippen molar-refractivity contribution in [3.8, 4) is 0 Å². The van der Waals surface area contributed by atoms with Crippen molar-refractivity contribution in [2.45, 2.75) is 6.92 Å². The maximum absolute atomic E-state index is 11.6. The van der Waals surface area contributed by atoms with Gasteiger partial charge in [0.2, 0.25) is 0 Å². The molecule has 0 radical (unpaired) electrons. The lowest BCUT2D eigenvalue weighted by Crippen LogP contribution is -2.20. The lowest BCUT2D eigenvalue weighted by atomic mass is 10.3. The molecule has 1 amide bonds. The second-order valence-corrected chi connectivity index (χ2v) is 4.63. The highest BCUT2D eigenvalue weighted by molar-refractivity contribution is 6.44. The summed E-state index contributed by atoms with van der Waals surface area (Å²) in [5.74, 6) is -2.11. The molecule has 0 spiro atoms. The van der Waals surface area contributed by atoms with Gasteiger partial charge in [-0.05, 0) is 19.1 Å². The maximum Gasteiger partial charge on any atom is 0.331 e. The number of hydrogen-bond donors (Lipinski definition) is 1. The van der Waals surface area contributed by atoms with E-state index in [9.17, 15) is 14.4 Å². The fourth-order valence-electron chi connectivity index (χ4n) is 1.30. The van der Waals surface area contributed by atoms with Crippen molar-refractivity contribution in [1.82, 2.24) is 0 Å². The highest BCUT2D eigenvalue weighted by Crippen LogP contribution is 2.29. The summed E-state index contributed by atoms with van der Waals surface area (Å²) in [7, 11) is 0. The lowest BCUT2D eigenvalue weighted by molar-refractivity contribution is -0.143. The molecule has 0 saturated heterocycles. The van der Waals surface area contributed by atoms with Crippen LogP contribution in [0, 0.1) is 0 Å². The van der Waals surface area contributed by atoms with Crippen LogP contribution in [0.4, 0.5) is 5.69 Å². The molecule has 118 valence electrons. The Hall–Kier alpha value is -2.05. The largest absolute Gasteiger partial charge is 0.463 e. The van der Waals surface area contributed by atoms with E-state index < -0.39 is 24.5 Å². The van der Waals surface area contributed by atoms with E-state index in [4.69, 9.17) is 23.2 Å². The van der Waals surface area contributed by atoms with Crippen LogP contribution in [0.2, 0.25) is 10.0 Å². The Labute approximate surface area is 137 Å². The van der Waals surface area contributed by atoms with Crippen molar-refractivity contribution < 1.29 is 23.9 Å². The van der Waals surface area contributed by atoms with Crippen LogP contribution >= 0.6 is 23.2 Å². The fourth-order valence-corrected chi connectivity index (χ4v) is 1.65. The van der Waals surface area contributed by atoms with Gasteiger partial charge < -0.3 is 14.8 Å². The third-order valence-corrected chi connectivity index (χ3v) is 3.03. The maximum atomic E-state index is 11.6. The van der Waals surface area contributed by atoms with Gasteiger partial charge in [-0.25, -0.2) is 9.59 Å². The average Bonchev–Trinajstić information content (AvgIpc) is 2.48. The minimum Gasteiger partial charge on any atom is -0.463 e. The first-order valence-electron chi connectivity index (χ1n) is 6.19. The van der Waals surface area contributed by atoms with Crippen LogP contribution < -0.4 is 5.32 Å². The number of esters is 2. The zero-order valence-electron chi connectivity index (χ0n) is 11.6. The zero-order valence-corrected chi connectivity index (χ0v) is 13.1. The monoisotopic (exact) mass is 345 g/mol. The smallest absolute Gasteiger partial charge is 0.331 e. The van der Waals surface area contributed by atoms with Crippen LogP contribution in [-0.4, -0.2) is 31.1 Å². The number of amides is 1. The quantitative estimate of drug-likeness (QED) is 0.632. The van der Waals surface area contributed by atoms with Gasteiger partial charge in [-0.3, -0.25) is 4.79 Å². The van der Waals surface area contributed by atoms with Gasteiger partial charge in [-0.15, -0.1) is 0 Å². The molecule has 1 rings (SSSR count). The van der Waals surface area contributed by atoms with E-state index in [0.717, 1.165) is 12.2 Å². The summed E-state index contributed by atoms with van der Waals surface area (Å²) < 4.78 is 9.23. The molecule has 0 unspecified atom stereocenters. The van der Waals surface area contributed by atoms with Crippen molar-refractivity contribution in [3.63, 3.8) is 0 Å². The Morgan fingerprint density at radius 3 is 2.41 bits per heavy atom. The van der Waals surface area contributed by atoms with Gasteiger partial charge in [-0.1, -0.05) is 29.3 Å². The number of carbonyl (C=O) groups is 3. The van der Waals surface area contributed by atoms with E-state index in [-0.39, 0.29) is 16.7 Å². The number of carbonyl (C=O) groups excluding carboxylic acids is 3. The van der Waals surface area contributed by atoms with E-state index in [1.54, 1.807) is 25.1 Å². The molecule has 1 aromatic rings. The Kier molecular flexibility index (Phi) is 7.42. The number of anilines is 1. The fraction of sp³-hybridized carbons (Fsp3) is 0.214. The first-order valence-corrected chi connectivity index (χ1v) is 6.95. The van der Waals surface area contributed by atoms with Crippen LogP contribution in [-0.2, 0) is 23.9 Å². The molecule has 0 atom stereocenters. The third-order valence-electron chi connectivity index (χ3n) is 2.21. The number of halogens is 2. The van der Waals surface area contributed by atoms with Crippen molar-refractivity contribution in [3.05, 3.63) is 40.4 Å². The van der Waals surface area contributed by atoms with Crippen molar-refractivity contribution in [1.29, 1.82) is 0 Å². The molecule has 0 heterocycles. The number of ether oxygens (including phenoxy) is 2. The van der Waals surface area contributed by atoms with Crippen LogP contribution in [0.15, 0.2) is 30.4 Å². The van der Waals surface area contributed by atoms with Gasteiger partial charge in [0.15, 0.2) is 6.61 Å². The molecule has 0 aliphatic rings. The van der Waals surface area contributed by atoms with Gasteiger partial charge >= 0.3 is 11.9 Å². The number of benzene rings is 1. The molecule has 0 fully saturated rings. The first kappa shape index (κ1) is 18.0. The Morgan fingerprint density at radius 2 is 1.77 bits per heavy atom. The zero-order chi connectivity index (χ0) is 16.5. The molecule has 0 saturated carbocycles. The van der Waals surface area contributed by atoms with E-state index in [1.807, 2.05) is 0 Å². The first-order chi connectivity index (χ1) is 10.4. The predicted octanol–water partition coefficient (Wildman–Crippen LogP) is 2.59. The van der Waals surface area contributed by atoms with E-state index in [0.29, 0.717) is 5.69 Å². The summed E-state index contributed by atoms with van der Waals surface area (Å²) in [4.78, 5) is 33.9. The number of nitrogens with one attached hydrogen (secondary N) is 1. The minimum atomic E-state index is -0.847. The van der Waals surface area contributed by atoms with Crippen LogP contribution in [0.1, 0.15) is 6.92 Å². The molecule has 6 nitrogen and oxygen atoms in total. The lowest BCUT2D eigenvalue weighted by Gasteiger charge is -2.08. The molecule has 0 aliphatic heterocycles. The Morgan fingerprint density at radius 1 is 1.14 bits per heavy atom. The third kappa shape index (κ3) is 6.15. The molecule has 1 N–H and O–H groups in total. The Balaban J connectivity index is 2.44. The summed E-state index contributed by atoms with van der Waals surface area (Å²) >= 11 is 11.7. The molecule has 0 aliphatic carbocycles. The molecule has 0 aromatic heterocycles. The summed E-state index contributed by atoms with van der Waals surface area (Å²) in [6.07, 6.45) is 1.79. The summed E-state index contributed by atoms with van der Waals surface area (Å²) in [6.45, 7) is 1.30. The second kappa shape index (κ2) is 9.07. The van der Waals surface area contributed by atoms with Gasteiger partial charge in [0, 0.05) is 12.2 Å². The average molecular weight is 346 g/mol. The van der Waals surface area contributed by atoms with Crippen molar-refractivity contribution >= 4 is 46.7 Å². The molecule has 0 bridgehead atoms. The normalized spacial score (nSPS) is 10.3. The number of hydrogen-bond acceptors (Lipinski definition) is 5. The van der Waals surface area contributed by atoms with Crippen LogP contribution in [0.5, 0.6) is 0 Å². The molecule has 22 heavy (non-hydrogen) atoms. The summed E-state index contributed by atoms with van der Waals surface area (Å²) in [6, 6.07) is 4.73. The van der Waals surface area contributed by atoms with Crippen LogP contribution in [0.3, 0.4) is 0 Å². The number of rotatable bonds is 6. The highest BCUT2D eigenvalue weighted by Gasteiger charge is 2.10. The van der Waals surface area contributed by atoms with E-state index >= 15 is 0 Å². The topological polar surface area (TPSA) is 81.7 Å². The van der Waals surface area contributed by atoms with Gasteiger partial charge in [0.1, 0.15) is 0 Å². The summed E-state index contributed by atoms with van der Waals surface area (Å²) in [5.41, 5.74) is 0.303. The van der Waals surface area contributed by atoms with Gasteiger partial charge in [0.05, 0.1) is 22.3 Å². The van der Waals surface area contributed by atoms with Crippen LogP contribution in [0.25, 0.3) is 0 Å². The molecular weight excluding hydrogens is 333 g/mol. The van der Waals surface area contributed by atoms with Gasteiger partial charge in [0.25, 0.3) is 5.91 Å². The highest BCUT2D eigenvalue weighted by atomic mass is 35.5. The summed E-state index contributed by atoms with van der Waals surface area (Å²) in [5, 5.41) is 2.92. The second-order valence-electron chi connectivity index (χ2n) is 3.84. The molecule has 8 heteroatoms. The van der Waals surface area contributed by atoms with Crippen molar-refractivity contribution in [2.24, 2.45) is 0 Å². The minimum absolute atomic E-state index is 0.186. The molecular formula is C14H13Cl2NO5.